The van der Waals surface area contributed by atoms with Crippen LogP contribution in [0.1, 0.15) is 128 Å². The molecule has 0 unspecified atom stereocenters. The van der Waals surface area contributed by atoms with Crippen LogP contribution in [0.2, 0.25) is 10.0 Å². The molecule has 0 aliphatic heterocycles. The van der Waals surface area contributed by atoms with Crippen molar-refractivity contribution in [3.63, 3.8) is 0 Å². The Labute approximate surface area is 273 Å². The number of halogens is 2. The number of rotatable bonds is 8. The van der Waals surface area contributed by atoms with Gasteiger partial charge in [-0.1, -0.05) is 48.9 Å². The van der Waals surface area contributed by atoms with Crippen LogP contribution in [0.4, 0.5) is 0 Å². The predicted molar refractivity (Wildman–Crippen MR) is 181 cm³/mol. The van der Waals surface area contributed by atoms with Crippen LogP contribution < -0.4 is 18.9 Å². The fourth-order valence-electron chi connectivity index (χ4n) is 8.10. The van der Waals surface area contributed by atoms with E-state index in [1.165, 1.54) is 77.0 Å². The van der Waals surface area contributed by atoms with E-state index in [9.17, 15) is 0 Å². The Hall–Kier alpha value is -2.04. The molecule has 0 bridgehead atoms. The lowest BCUT2D eigenvalue weighted by atomic mass is 9.94. The molecule has 0 N–H and O–H groups in total. The lowest BCUT2D eigenvalue weighted by molar-refractivity contribution is 0.146. The third-order valence-corrected chi connectivity index (χ3v) is 11.3. The molecule has 3 aromatic rings. The van der Waals surface area contributed by atoms with E-state index in [-0.39, 0.29) is 24.4 Å². The molecule has 0 amide bonds. The molecule has 238 valence electrons. The summed E-state index contributed by atoms with van der Waals surface area (Å²) in [5, 5.41) is 4.76. The van der Waals surface area contributed by atoms with Gasteiger partial charge in [0, 0.05) is 10.8 Å². The van der Waals surface area contributed by atoms with E-state index in [1.54, 1.807) is 0 Å². The summed E-state index contributed by atoms with van der Waals surface area (Å²) < 4.78 is 28.1. The fourth-order valence-corrected chi connectivity index (χ4v) is 8.51. The second-order valence-corrected chi connectivity index (χ2v) is 14.6. The van der Waals surface area contributed by atoms with Gasteiger partial charge >= 0.3 is 0 Å². The minimum atomic E-state index is 0.126. The molecule has 0 aromatic heterocycles. The summed E-state index contributed by atoms with van der Waals surface area (Å²) in [6, 6.07) is 8.24. The molecule has 6 heteroatoms. The topological polar surface area (TPSA) is 36.9 Å². The lowest BCUT2D eigenvalue weighted by Crippen LogP contribution is -2.23. The van der Waals surface area contributed by atoms with Gasteiger partial charge in [-0.3, -0.25) is 0 Å². The number of hydrogen-bond acceptors (Lipinski definition) is 4. The molecule has 44 heavy (non-hydrogen) atoms. The first-order valence-corrected chi connectivity index (χ1v) is 18.5. The van der Waals surface area contributed by atoms with Gasteiger partial charge in [-0.25, -0.2) is 0 Å². The van der Waals surface area contributed by atoms with E-state index in [4.69, 9.17) is 42.1 Å². The quantitative estimate of drug-likeness (QED) is 0.230. The average molecular weight is 640 g/mol. The summed E-state index contributed by atoms with van der Waals surface area (Å²) >= 11 is 13.9. The third kappa shape index (κ3) is 6.59. The number of benzene rings is 3. The summed E-state index contributed by atoms with van der Waals surface area (Å²) in [7, 11) is 0. The zero-order valence-electron chi connectivity index (χ0n) is 26.1. The van der Waals surface area contributed by atoms with Crippen molar-refractivity contribution in [2.24, 2.45) is 0 Å². The van der Waals surface area contributed by atoms with Gasteiger partial charge in [0.1, 0.15) is 23.0 Å². The summed E-state index contributed by atoms with van der Waals surface area (Å²) in [5.41, 5.74) is 0. The largest absolute Gasteiger partial charge is 0.490 e. The molecule has 4 fully saturated rings. The third-order valence-electron chi connectivity index (χ3n) is 10.5. The van der Waals surface area contributed by atoms with E-state index < -0.39 is 0 Å². The highest BCUT2D eigenvalue weighted by atomic mass is 35.5. The second-order valence-electron chi connectivity index (χ2n) is 13.8. The molecule has 7 rings (SSSR count). The molecule has 0 saturated heterocycles. The van der Waals surface area contributed by atoms with E-state index in [0.29, 0.717) is 10.0 Å². The highest BCUT2D eigenvalue weighted by Crippen LogP contribution is 2.54. The number of ether oxygens (including phenoxy) is 4. The van der Waals surface area contributed by atoms with Crippen LogP contribution in [0.25, 0.3) is 21.5 Å². The maximum atomic E-state index is 7.16. The van der Waals surface area contributed by atoms with Crippen LogP contribution in [0.5, 0.6) is 23.0 Å². The Morgan fingerprint density at radius 2 is 0.795 bits per heavy atom. The minimum Gasteiger partial charge on any atom is -0.490 e. The van der Waals surface area contributed by atoms with Gasteiger partial charge < -0.3 is 18.9 Å². The standard InChI is InChI=1S/C38H48Cl2O4/c39-30-22-21-29-33(36(30)40)38(44-28-19-11-4-12-20-28)35-32(42-26-15-7-2-8-16-26)24-23-31(41-25-13-5-1-6-14-25)34(35)37(29)43-27-17-9-3-10-18-27/h21-28H,1-20H2. The Balaban J connectivity index is 1.48. The normalized spacial score (nSPS) is 21.5. The van der Waals surface area contributed by atoms with Gasteiger partial charge in [-0.2, -0.15) is 0 Å². The van der Waals surface area contributed by atoms with Crippen molar-refractivity contribution in [3.05, 3.63) is 34.3 Å². The summed E-state index contributed by atoms with van der Waals surface area (Å²) in [5.74, 6) is 3.34. The van der Waals surface area contributed by atoms with E-state index >= 15 is 0 Å². The van der Waals surface area contributed by atoms with Gasteiger partial charge in [0.05, 0.1) is 45.2 Å². The molecule has 0 radical (unpaired) electrons. The molecule has 4 aliphatic carbocycles. The molecular formula is C38H48Cl2O4. The summed E-state index contributed by atoms with van der Waals surface area (Å²) in [6.45, 7) is 0. The maximum Gasteiger partial charge on any atom is 0.141 e. The Bertz CT molecular complexity index is 1430. The molecule has 4 nitrogen and oxygen atoms in total. The van der Waals surface area contributed by atoms with Crippen molar-refractivity contribution in [1.82, 2.24) is 0 Å². The van der Waals surface area contributed by atoms with Crippen LogP contribution in [0.15, 0.2) is 24.3 Å². The van der Waals surface area contributed by atoms with Crippen LogP contribution in [-0.2, 0) is 0 Å². The van der Waals surface area contributed by atoms with Crippen molar-refractivity contribution in [3.8, 4) is 23.0 Å². The van der Waals surface area contributed by atoms with Gasteiger partial charge in [-0.15, -0.1) is 0 Å². The number of fused-ring (bicyclic) bond motifs is 2. The van der Waals surface area contributed by atoms with Crippen molar-refractivity contribution in [1.29, 1.82) is 0 Å². The monoisotopic (exact) mass is 638 g/mol. The van der Waals surface area contributed by atoms with Gasteiger partial charge in [-0.05, 0) is 127 Å². The maximum absolute atomic E-state index is 7.16. The predicted octanol–water partition coefficient (Wildman–Crippen LogP) is 12.1. The molecule has 4 saturated carbocycles. The molecule has 3 aromatic carbocycles. The number of hydrogen-bond donors (Lipinski definition) is 0. The molecular weight excluding hydrogens is 591 g/mol. The molecule has 0 heterocycles. The fraction of sp³-hybridized carbons (Fsp3) is 0.632. The smallest absolute Gasteiger partial charge is 0.141 e. The van der Waals surface area contributed by atoms with Crippen LogP contribution in [0.3, 0.4) is 0 Å². The van der Waals surface area contributed by atoms with Gasteiger partial charge in [0.15, 0.2) is 0 Å². The Kier molecular flexibility index (Phi) is 9.85. The summed E-state index contributed by atoms with van der Waals surface area (Å²) in [6.07, 6.45) is 23.9. The summed E-state index contributed by atoms with van der Waals surface area (Å²) in [4.78, 5) is 0. The van der Waals surface area contributed by atoms with Crippen LogP contribution in [0, 0.1) is 0 Å². The first-order valence-electron chi connectivity index (χ1n) is 17.7. The highest BCUT2D eigenvalue weighted by molar-refractivity contribution is 6.46. The van der Waals surface area contributed by atoms with Crippen molar-refractivity contribution in [2.75, 3.05) is 0 Å². The zero-order valence-corrected chi connectivity index (χ0v) is 27.7. The molecule has 0 atom stereocenters. The van der Waals surface area contributed by atoms with Gasteiger partial charge in [0.25, 0.3) is 0 Å². The SMILES string of the molecule is Clc1ccc2c(OC3CCCCC3)c3c(OC4CCCCC4)ccc(OC4CCCCC4)c3c(OC3CCCCC3)c2c1Cl. The zero-order chi connectivity index (χ0) is 29.9. The van der Waals surface area contributed by atoms with Crippen LogP contribution in [-0.4, -0.2) is 24.4 Å². The average Bonchev–Trinajstić information content (AvgIpc) is 3.06. The van der Waals surface area contributed by atoms with E-state index in [1.807, 2.05) is 6.07 Å². The van der Waals surface area contributed by atoms with Crippen molar-refractivity contribution in [2.45, 2.75) is 153 Å². The lowest BCUT2D eigenvalue weighted by Gasteiger charge is -2.31. The first kappa shape index (κ1) is 30.6. The van der Waals surface area contributed by atoms with E-state index in [0.717, 1.165) is 95.9 Å². The van der Waals surface area contributed by atoms with Crippen LogP contribution >= 0.6 is 23.2 Å². The molecule has 4 aliphatic rings. The highest BCUT2D eigenvalue weighted by Gasteiger charge is 2.31. The molecule has 0 spiro atoms. The van der Waals surface area contributed by atoms with Gasteiger partial charge in [0.2, 0.25) is 0 Å². The van der Waals surface area contributed by atoms with E-state index in [2.05, 4.69) is 18.2 Å². The first-order chi connectivity index (χ1) is 21.7. The second kappa shape index (κ2) is 14.2. The van der Waals surface area contributed by atoms with Crippen molar-refractivity contribution >= 4 is 44.7 Å². The van der Waals surface area contributed by atoms with Crippen molar-refractivity contribution < 1.29 is 18.9 Å². The Morgan fingerprint density at radius 1 is 0.409 bits per heavy atom. The Morgan fingerprint density at radius 3 is 1.25 bits per heavy atom. The minimum absolute atomic E-state index is 0.126.